The Labute approximate surface area is 105 Å². The molecule has 0 aromatic rings. The molecule has 0 spiro atoms. The molecule has 2 saturated heterocycles. The summed E-state index contributed by atoms with van der Waals surface area (Å²) in [6, 6.07) is 0. The fourth-order valence-electron chi connectivity index (χ4n) is 2.46. The number of hydrogen-bond acceptors (Lipinski definition) is 3. The number of nitrogens with one attached hydrogen (secondary N) is 1. The van der Waals surface area contributed by atoms with E-state index in [0.717, 1.165) is 19.6 Å². The van der Waals surface area contributed by atoms with Gasteiger partial charge in [0.05, 0.1) is 12.6 Å². The lowest BCUT2D eigenvalue weighted by atomic mass is 10.1. The molecule has 0 saturated carbocycles. The molecule has 1 N–H and O–H groups in total. The van der Waals surface area contributed by atoms with E-state index in [1.807, 2.05) is 0 Å². The van der Waals surface area contributed by atoms with Crippen LogP contribution in [0.15, 0.2) is 0 Å². The number of likely N-dealkylation sites (tertiary alicyclic amines) is 1. The van der Waals surface area contributed by atoms with Crippen molar-refractivity contribution in [2.45, 2.75) is 38.2 Å². The van der Waals surface area contributed by atoms with Gasteiger partial charge in [-0.25, -0.2) is 0 Å². The zero-order valence-corrected chi connectivity index (χ0v) is 10.7. The Kier molecular flexibility index (Phi) is 5.84. The lowest BCUT2D eigenvalue weighted by Gasteiger charge is -2.24. The molecule has 0 amide bonds. The molecular weight excluding hydrogens is 212 g/mol. The van der Waals surface area contributed by atoms with Gasteiger partial charge in [-0.15, -0.1) is 0 Å². The van der Waals surface area contributed by atoms with Gasteiger partial charge in [-0.05, 0) is 45.3 Å². The standard InChI is InChI=1S/C14H24N2O/c1-2-9-16(10-3-1)11-4-5-12-17-14-7-6-8-15-13-14/h14-15H,1-3,6-13H2. The first-order valence-corrected chi connectivity index (χ1v) is 6.95. The Bertz CT molecular complexity index is 257. The van der Waals surface area contributed by atoms with Crippen molar-refractivity contribution >= 4 is 0 Å². The summed E-state index contributed by atoms with van der Waals surface area (Å²) in [4.78, 5) is 2.44. The van der Waals surface area contributed by atoms with Crippen LogP contribution in [0.3, 0.4) is 0 Å². The summed E-state index contributed by atoms with van der Waals surface area (Å²) >= 11 is 0. The second-order valence-corrected chi connectivity index (χ2v) is 4.97. The maximum atomic E-state index is 5.72. The van der Waals surface area contributed by atoms with Gasteiger partial charge in [-0.2, -0.15) is 0 Å². The number of rotatable bonds is 3. The molecule has 3 heteroatoms. The zero-order chi connectivity index (χ0) is 11.8. The second-order valence-electron chi connectivity index (χ2n) is 4.97. The second kappa shape index (κ2) is 7.71. The number of nitrogens with zero attached hydrogens (tertiary/aromatic N) is 1. The minimum atomic E-state index is 0.382. The van der Waals surface area contributed by atoms with E-state index >= 15 is 0 Å². The highest BCUT2D eigenvalue weighted by atomic mass is 16.5. The van der Waals surface area contributed by atoms with Crippen LogP contribution >= 0.6 is 0 Å². The predicted molar refractivity (Wildman–Crippen MR) is 69.9 cm³/mol. The Balaban J connectivity index is 1.54. The Morgan fingerprint density at radius 1 is 1.12 bits per heavy atom. The molecule has 96 valence electrons. The van der Waals surface area contributed by atoms with Crippen molar-refractivity contribution in [2.24, 2.45) is 0 Å². The van der Waals surface area contributed by atoms with Crippen molar-refractivity contribution < 1.29 is 4.74 Å². The summed E-state index contributed by atoms with van der Waals surface area (Å²) in [6.07, 6.45) is 6.86. The molecule has 1 unspecified atom stereocenters. The van der Waals surface area contributed by atoms with Gasteiger partial charge in [-0.1, -0.05) is 18.3 Å². The van der Waals surface area contributed by atoms with E-state index in [4.69, 9.17) is 4.74 Å². The van der Waals surface area contributed by atoms with Crippen LogP contribution in [0.1, 0.15) is 32.1 Å². The van der Waals surface area contributed by atoms with Crippen molar-refractivity contribution in [3.05, 3.63) is 0 Å². The third-order valence-corrected chi connectivity index (χ3v) is 3.52. The number of ether oxygens (including phenoxy) is 1. The normalized spacial score (nSPS) is 26.2. The van der Waals surface area contributed by atoms with E-state index in [1.165, 1.54) is 45.2 Å². The van der Waals surface area contributed by atoms with Crippen molar-refractivity contribution in [2.75, 3.05) is 39.3 Å². The molecule has 2 rings (SSSR count). The van der Waals surface area contributed by atoms with Gasteiger partial charge < -0.3 is 10.1 Å². The van der Waals surface area contributed by atoms with Gasteiger partial charge in [0.15, 0.2) is 0 Å². The summed E-state index contributed by atoms with van der Waals surface area (Å²) in [7, 11) is 0. The van der Waals surface area contributed by atoms with Crippen LogP contribution in [-0.2, 0) is 4.74 Å². The third kappa shape index (κ3) is 5.08. The van der Waals surface area contributed by atoms with Crippen LogP contribution in [0.5, 0.6) is 0 Å². The Morgan fingerprint density at radius 2 is 2.00 bits per heavy atom. The first-order valence-electron chi connectivity index (χ1n) is 6.95. The maximum Gasteiger partial charge on any atom is 0.108 e. The SMILES string of the molecule is C(#CCN1CCCCC1)COC1CCCNC1. The van der Waals surface area contributed by atoms with Crippen LogP contribution in [0.4, 0.5) is 0 Å². The average Bonchev–Trinajstić information content (AvgIpc) is 2.41. The van der Waals surface area contributed by atoms with Crippen molar-refractivity contribution in [1.82, 2.24) is 10.2 Å². The van der Waals surface area contributed by atoms with Crippen LogP contribution in [0.25, 0.3) is 0 Å². The zero-order valence-electron chi connectivity index (χ0n) is 10.7. The molecule has 0 aromatic heterocycles. The molecule has 2 fully saturated rings. The molecule has 2 aliphatic heterocycles. The van der Waals surface area contributed by atoms with E-state index in [9.17, 15) is 0 Å². The molecule has 3 nitrogen and oxygen atoms in total. The average molecular weight is 236 g/mol. The molecular formula is C14H24N2O. The van der Waals surface area contributed by atoms with Crippen LogP contribution < -0.4 is 5.32 Å². The highest BCUT2D eigenvalue weighted by Gasteiger charge is 2.12. The van der Waals surface area contributed by atoms with Crippen molar-refractivity contribution in [3.8, 4) is 11.8 Å². The first-order chi connectivity index (χ1) is 8.45. The van der Waals surface area contributed by atoms with Crippen molar-refractivity contribution in [1.29, 1.82) is 0 Å². The monoisotopic (exact) mass is 236 g/mol. The minimum Gasteiger partial charge on any atom is -0.364 e. The molecule has 1 atom stereocenters. The summed E-state index contributed by atoms with van der Waals surface area (Å²) in [6.45, 7) is 6.10. The third-order valence-electron chi connectivity index (χ3n) is 3.52. The largest absolute Gasteiger partial charge is 0.364 e. The highest BCUT2D eigenvalue weighted by molar-refractivity contribution is 5.02. The molecule has 2 aliphatic rings. The topological polar surface area (TPSA) is 24.5 Å². The Morgan fingerprint density at radius 3 is 2.76 bits per heavy atom. The molecule has 2 heterocycles. The fourth-order valence-corrected chi connectivity index (χ4v) is 2.46. The van der Waals surface area contributed by atoms with Crippen LogP contribution in [0, 0.1) is 11.8 Å². The number of hydrogen-bond donors (Lipinski definition) is 1. The molecule has 0 radical (unpaired) electrons. The minimum absolute atomic E-state index is 0.382. The van der Waals surface area contributed by atoms with Gasteiger partial charge in [-0.3, -0.25) is 4.90 Å². The van der Waals surface area contributed by atoms with Gasteiger partial charge in [0, 0.05) is 6.54 Å². The summed E-state index contributed by atoms with van der Waals surface area (Å²) in [5, 5.41) is 3.35. The summed E-state index contributed by atoms with van der Waals surface area (Å²) in [5.41, 5.74) is 0. The first kappa shape index (κ1) is 12.9. The van der Waals surface area contributed by atoms with E-state index < -0.39 is 0 Å². The maximum absolute atomic E-state index is 5.72. The van der Waals surface area contributed by atoms with Crippen molar-refractivity contribution in [3.63, 3.8) is 0 Å². The quantitative estimate of drug-likeness (QED) is 0.746. The summed E-state index contributed by atoms with van der Waals surface area (Å²) in [5.74, 6) is 6.36. The lowest BCUT2D eigenvalue weighted by Crippen LogP contribution is -2.35. The van der Waals surface area contributed by atoms with E-state index in [0.29, 0.717) is 12.7 Å². The smallest absolute Gasteiger partial charge is 0.108 e. The van der Waals surface area contributed by atoms with Crippen LogP contribution in [-0.4, -0.2) is 50.3 Å². The van der Waals surface area contributed by atoms with E-state index in [1.54, 1.807) is 0 Å². The van der Waals surface area contributed by atoms with Gasteiger partial charge in [0.25, 0.3) is 0 Å². The highest BCUT2D eigenvalue weighted by Crippen LogP contribution is 2.07. The fraction of sp³-hybridized carbons (Fsp3) is 0.857. The molecule has 0 aromatic carbocycles. The molecule has 0 aliphatic carbocycles. The van der Waals surface area contributed by atoms with Gasteiger partial charge in [0.1, 0.15) is 6.61 Å². The lowest BCUT2D eigenvalue weighted by molar-refractivity contribution is 0.0590. The van der Waals surface area contributed by atoms with E-state index in [-0.39, 0.29) is 0 Å². The molecule has 17 heavy (non-hydrogen) atoms. The van der Waals surface area contributed by atoms with E-state index in [2.05, 4.69) is 22.1 Å². The van der Waals surface area contributed by atoms with Gasteiger partial charge in [0.2, 0.25) is 0 Å². The Hall–Kier alpha value is -0.560. The van der Waals surface area contributed by atoms with Crippen LogP contribution in [0.2, 0.25) is 0 Å². The van der Waals surface area contributed by atoms with Gasteiger partial charge >= 0.3 is 0 Å². The summed E-state index contributed by atoms with van der Waals surface area (Å²) < 4.78 is 5.72. The number of piperidine rings is 2. The predicted octanol–water partition coefficient (Wildman–Crippen LogP) is 1.24. The molecule has 0 bridgehead atoms.